The van der Waals surface area contributed by atoms with Gasteiger partial charge in [0.1, 0.15) is 11.5 Å². The Labute approximate surface area is 175 Å². The summed E-state index contributed by atoms with van der Waals surface area (Å²) in [6.07, 6.45) is 1.06. The Balaban J connectivity index is 1.31. The minimum absolute atomic E-state index is 0.740. The van der Waals surface area contributed by atoms with Crippen LogP contribution in [-0.4, -0.2) is 61.2 Å². The van der Waals surface area contributed by atoms with Crippen LogP contribution in [0.1, 0.15) is 5.56 Å². The minimum atomic E-state index is 0.740. The molecule has 7 heteroatoms. The summed E-state index contributed by atoms with van der Waals surface area (Å²) in [4.78, 5) is 9.62. The van der Waals surface area contributed by atoms with Crippen LogP contribution in [0.5, 0.6) is 11.5 Å². The summed E-state index contributed by atoms with van der Waals surface area (Å²) in [5.41, 5.74) is 2.29. The lowest BCUT2D eigenvalue weighted by molar-refractivity contribution is 0.261. The molecule has 0 atom stereocenters. The van der Waals surface area contributed by atoms with Crippen LogP contribution >= 0.6 is 11.5 Å². The van der Waals surface area contributed by atoms with Gasteiger partial charge < -0.3 is 14.4 Å². The smallest absolute Gasteiger partial charge is 0.205 e. The van der Waals surface area contributed by atoms with Gasteiger partial charge in [-0.15, -0.1) is 0 Å². The van der Waals surface area contributed by atoms with Gasteiger partial charge in [0.2, 0.25) is 5.13 Å². The van der Waals surface area contributed by atoms with Gasteiger partial charge in [-0.05, 0) is 36.2 Å². The normalized spacial score (nSPS) is 14.8. The third kappa shape index (κ3) is 4.68. The van der Waals surface area contributed by atoms with Crippen LogP contribution in [-0.2, 0) is 6.42 Å². The van der Waals surface area contributed by atoms with Gasteiger partial charge in [-0.1, -0.05) is 24.3 Å². The fourth-order valence-electron chi connectivity index (χ4n) is 3.52. The van der Waals surface area contributed by atoms with Gasteiger partial charge in [-0.2, -0.15) is 9.36 Å². The quantitative estimate of drug-likeness (QED) is 0.593. The van der Waals surface area contributed by atoms with Crippen molar-refractivity contribution < 1.29 is 9.47 Å². The number of para-hydroxylation sites is 1. The van der Waals surface area contributed by atoms with Crippen molar-refractivity contribution in [1.29, 1.82) is 0 Å². The van der Waals surface area contributed by atoms with Gasteiger partial charge in [-0.3, -0.25) is 4.90 Å². The number of anilines is 1. The summed E-state index contributed by atoms with van der Waals surface area (Å²) in [5.74, 6) is 2.46. The summed E-state index contributed by atoms with van der Waals surface area (Å²) in [6, 6.07) is 16.2. The average molecular weight is 411 g/mol. The van der Waals surface area contributed by atoms with Crippen LogP contribution in [0.3, 0.4) is 0 Å². The van der Waals surface area contributed by atoms with E-state index in [2.05, 4.69) is 26.3 Å². The summed E-state index contributed by atoms with van der Waals surface area (Å²) in [5, 5.41) is 0.987. The first-order chi connectivity index (χ1) is 14.3. The first-order valence-electron chi connectivity index (χ1n) is 9.84. The molecular weight excluding hydrogens is 384 g/mol. The maximum absolute atomic E-state index is 5.44. The number of nitrogens with zero attached hydrogens (tertiary/aromatic N) is 4. The molecule has 0 aliphatic carbocycles. The number of methoxy groups -OCH3 is 2. The van der Waals surface area contributed by atoms with Crippen LogP contribution in [0.4, 0.5) is 5.13 Å². The monoisotopic (exact) mass is 410 g/mol. The molecule has 2 heterocycles. The van der Waals surface area contributed by atoms with Crippen LogP contribution < -0.4 is 14.4 Å². The molecule has 1 fully saturated rings. The van der Waals surface area contributed by atoms with Crippen molar-refractivity contribution in [3.8, 4) is 22.9 Å². The summed E-state index contributed by atoms with van der Waals surface area (Å²) < 4.78 is 15.2. The Bertz CT molecular complexity index is 921. The molecule has 4 rings (SSSR count). The zero-order chi connectivity index (χ0) is 20.1. The lowest BCUT2D eigenvalue weighted by atomic mass is 10.1. The number of rotatable bonds is 7. The van der Waals surface area contributed by atoms with Crippen LogP contribution in [0.25, 0.3) is 11.4 Å². The SMILES string of the molecule is COc1ccc(CCN2CCN(c3nc(-c4ccccc4OC)ns3)CC2)cc1. The molecular formula is C22H26N4O2S. The zero-order valence-electron chi connectivity index (χ0n) is 16.9. The van der Waals surface area contributed by atoms with E-state index in [0.717, 1.165) is 67.2 Å². The number of piperazine rings is 1. The lowest BCUT2D eigenvalue weighted by Crippen LogP contribution is -2.47. The largest absolute Gasteiger partial charge is 0.497 e. The molecule has 0 radical (unpaired) electrons. The number of hydrogen-bond acceptors (Lipinski definition) is 7. The summed E-state index contributed by atoms with van der Waals surface area (Å²) >= 11 is 1.46. The number of ether oxygens (including phenoxy) is 2. The molecule has 1 aromatic heterocycles. The van der Waals surface area contributed by atoms with Crippen LogP contribution in [0, 0.1) is 0 Å². The Morgan fingerprint density at radius 2 is 1.69 bits per heavy atom. The highest BCUT2D eigenvalue weighted by Gasteiger charge is 2.21. The summed E-state index contributed by atoms with van der Waals surface area (Å²) in [6.45, 7) is 5.11. The second-order valence-electron chi connectivity index (χ2n) is 7.03. The van der Waals surface area contributed by atoms with E-state index in [-0.39, 0.29) is 0 Å². The van der Waals surface area contributed by atoms with Crippen molar-refractivity contribution in [2.45, 2.75) is 6.42 Å². The first kappa shape index (κ1) is 19.7. The number of benzene rings is 2. The average Bonchev–Trinajstić information content (AvgIpc) is 3.28. The maximum atomic E-state index is 5.44. The van der Waals surface area contributed by atoms with Gasteiger partial charge in [0.15, 0.2) is 5.82 Å². The standard InChI is InChI=1S/C22H26N4O2S/c1-27-18-9-7-17(8-10-18)11-12-25-13-15-26(16-14-25)22-23-21(24-29-22)19-5-3-4-6-20(19)28-2/h3-10H,11-16H2,1-2H3. The van der Waals surface area contributed by atoms with Gasteiger partial charge in [0.25, 0.3) is 0 Å². The highest BCUT2D eigenvalue weighted by Crippen LogP contribution is 2.30. The third-order valence-electron chi connectivity index (χ3n) is 5.28. The lowest BCUT2D eigenvalue weighted by Gasteiger charge is -2.34. The van der Waals surface area contributed by atoms with Gasteiger partial charge >= 0.3 is 0 Å². The third-order valence-corrected chi connectivity index (χ3v) is 6.06. The van der Waals surface area contributed by atoms with E-state index in [4.69, 9.17) is 14.5 Å². The molecule has 3 aromatic rings. The van der Waals surface area contributed by atoms with Crippen molar-refractivity contribution >= 4 is 16.7 Å². The topological polar surface area (TPSA) is 50.7 Å². The van der Waals surface area contributed by atoms with E-state index in [9.17, 15) is 0 Å². The van der Waals surface area contributed by atoms with E-state index >= 15 is 0 Å². The van der Waals surface area contributed by atoms with Crippen molar-refractivity contribution in [3.63, 3.8) is 0 Å². The van der Waals surface area contributed by atoms with E-state index in [1.165, 1.54) is 17.1 Å². The minimum Gasteiger partial charge on any atom is -0.497 e. The molecule has 1 saturated heterocycles. The zero-order valence-corrected chi connectivity index (χ0v) is 17.7. The van der Waals surface area contributed by atoms with E-state index in [1.807, 2.05) is 36.4 Å². The molecule has 2 aromatic carbocycles. The van der Waals surface area contributed by atoms with Crippen molar-refractivity contribution in [3.05, 3.63) is 54.1 Å². The predicted molar refractivity (Wildman–Crippen MR) is 117 cm³/mol. The molecule has 1 aliphatic heterocycles. The molecule has 0 bridgehead atoms. The summed E-state index contributed by atoms with van der Waals surface area (Å²) in [7, 11) is 3.38. The molecule has 152 valence electrons. The molecule has 0 saturated carbocycles. The predicted octanol–water partition coefficient (Wildman–Crippen LogP) is 3.59. The van der Waals surface area contributed by atoms with Gasteiger partial charge in [-0.25, -0.2) is 0 Å². The Kier molecular flexibility index (Phi) is 6.27. The molecule has 1 aliphatic rings. The highest BCUT2D eigenvalue weighted by atomic mass is 32.1. The van der Waals surface area contributed by atoms with E-state index in [0.29, 0.717) is 0 Å². The highest BCUT2D eigenvalue weighted by molar-refractivity contribution is 7.09. The van der Waals surface area contributed by atoms with Crippen LogP contribution in [0.15, 0.2) is 48.5 Å². The molecule has 0 unspecified atom stereocenters. The molecule has 0 amide bonds. The second-order valence-corrected chi connectivity index (χ2v) is 7.76. The fourth-order valence-corrected chi connectivity index (χ4v) is 4.26. The first-order valence-corrected chi connectivity index (χ1v) is 10.6. The van der Waals surface area contributed by atoms with Gasteiger partial charge in [0.05, 0.1) is 19.8 Å². The molecule has 6 nitrogen and oxygen atoms in total. The van der Waals surface area contributed by atoms with Crippen molar-refractivity contribution in [1.82, 2.24) is 14.3 Å². The van der Waals surface area contributed by atoms with Crippen molar-refractivity contribution in [2.24, 2.45) is 0 Å². The fraction of sp³-hybridized carbons (Fsp3) is 0.364. The molecule has 0 spiro atoms. The Morgan fingerprint density at radius 3 is 2.41 bits per heavy atom. The van der Waals surface area contributed by atoms with Gasteiger partial charge in [0, 0.05) is 44.3 Å². The Hall–Kier alpha value is -2.64. The molecule has 0 N–H and O–H groups in total. The second kappa shape index (κ2) is 9.24. The number of hydrogen-bond donors (Lipinski definition) is 0. The van der Waals surface area contributed by atoms with E-state index < -0.39 is 0 Å². The Morgan fingerprint density at radius 1 is 0.931 bits per heavy atom. The maximum Gasteiger partial charge on any atom is 0.205 e. The number of aromatic nitrogens is 2. The molecule has 29 heavy (non-hydrogen) atoms. The van der Waals surface area contributed by atoms with Crippen molar-refractivity contribution in [2.75, 3.05) is 51.8 Å². The van der Waals surface area contributed by atoms with E-state index in [1.54, 1.807) is 14.2 Å². The van der Waals surface area contributed by atoms with Crippen LogP contribution in [0.2, 0.25) is 0 Å².